The number of ether oxygens (including phenoxy) is 1. The van der Waals surface area contributed by atoms with E-state index in [2.05, 4.69) is 15.9 Å². The quantitative estimate of drug-likeness (QED) is 0.332. The van der Waals surface area contributed by atoms with Gasteiger partial charge in [-0.25, -0.2) is 0 Å². The van der Waals surface area contributed by atoms with Gasteiger partial charge in [0.2, 0.25) is 0 Å². The summed E-state index contributed by atoms with van der Waals surface area (Å²) in [5, 5.41) is 11.1. The van der Waals surface area contributed by atoms with Crippen molar-refractivity contribution < 1.29 is 19.4 Å². The molecule has 0 spiro atoms. The number of anilines is 1. The van der Waals surface area contributed by atoms with Gasteiger partial charge in [-0.3, -0.25) is 14.5 Å². The Hall–Kier alpha value is -3.38. The van der Waals surface area contributed by atoms with Crippen LogP contribution in [0.1, 0.15) is 17.2 Å². The number of nitrogens with zero attached hydrogens (tertiary/aromatic N) is 1. The van der Waals surface area contributed by atoms with Gasteiger partial charge in [0.1, 0.15) is 11.5 Å². The molecule has 1 saturated heterocycles. The molecule has 1 heterocycles. The van der Waals surface area contributed by atoms with Gasteiger partial charge in [-0.05, 0) is 42.0 Å². The standard InChI is InChI=1S/C24H18BrNO4/c1-30-19-9-5-6-16(14-19)21-20(22(27)15-10-12-17(25)13-11-15)23(28)24(29)26(21)18-7-3-2-4-8-18/h2-14,21,27H,1H3/b22-20+. The van der Waals surface area contributed by atoms with Crippen molar-refractivity contribution in [3.8, 4) is 5.75 Å². The van der Waals surface area contributed by atoms with Crippen molar-refractivity contribution >= 4 is 39.1 Å². The lowest BCUT2D eigenvalue weighted by molar-refractivity contribution is -0.132. The number of rotatable bonds is 4. The van der Waals surface area contributed by atoms with E-state index in [0.29, 0.717) is 22.6 Å². The van der Waals surface area contributed by atoms with E-state index in [1.54, 1.807) is 73.8 Å². The Morgan fingerprint density at radius 1 is 0.967 bits per heavy atom. The van der Waals surface area contributed by atoms with Crippen LogP contribution in [0, 0.1) is 0 Å². The molecule has 0 radical (unpaired) electrons. The average Bonchev–Trinajstić information content (AvgIpc) is 3.05. The largest absolute Gasteiger partial charge is 0.507 e. The lowest BCUT2D eigenvalue weighted by Gasteiger charge is -2.25. The Morgan fingerprint density at radius 2 is 1.67 bits per heavy atom. The van der Waals surface area contributed by atoms with Crippen molar-refractivity contribution in [3.63, 3.8) is 0 Å². The topological polar surface area (TPSA) is 66.8 Å². The fourth-order valence-corrected chi connectivity index (χ4v) is 3.84. The molecular weight excluding hydrogens is 446 g/mol. The molecule has 1 aliphatic rings. The Kier molecular flexibility index (Phi) is 5.42. The van der Waals surface area contributed by atoms with Gasteiger partial charge in [0.15, 0.2) is 0 Å². The van der Waals surface area contributed by atoms with Crippen LogP contribution in [0.5, 0.6) is 5.75 Å². The number of aliphatic hydroxyl groups is 1. The van der Waals surface area contributed by atoms with Crippen molar-refractivity contribution in [2.24, 2.45) is 0 Å². The summed E-state index contributed by atoms with van der Waals surface area (Å²) in [6, 6.07) is 22.2. The van der Waals surface area contributed by atoms with Gasteiger partial charge in [0, 0.05) is 15.7 Å². The molecule has 0 saturated carbocycles. The summed E-state index contributed by atoms with van der Waals surface area (Å²) in [6.45, 7) is 0. The minimum atomic E-state index is -0.786. The normalized spacial score (nSPS) is 17.9. The van der Waals surface area contributed by atoms with Crippen molar-refractivity contribution in [1.82, 2.24) is 0 Å². The highest BCUT2D eigenvalue weighted by molar-refractivity contribution is 9.10. The van der Waals surface area contributed by atoms with Gasteiger partial charge in [-0.15, -0.1) is 0 Å². The van der Waals surface area contributed by atoms with Crippen LogP contribution in [0.4, 0.5) is 5.69 Å². The third-order valence-corrected chi connectivity index (χ3v) is 5.53. The van der Waals surface area contributed by atoms with Crippen LogP contribution in [-0.2, 0) is 9.59 Å². The summed E-state index contributed by atoms with van der Waals surface area (Å²) in [5.41, 5.74) is 1.73. The number of ketones is 1. The first-order valence-electron chi connectivity index (χ1n) is 9.27. The molecule has 3 aromatic rings. The first-order chi connectivity index (χ1) is 14.5. The second kappa shape index (κ2) is 8.16. The molecule has 1 atom stereocenters. The predicted molar refractivity (Wildman–Crippen MR) is 118 cm³/mol. The highest BCUT2D eigenvalue weighted by Crippen LogP contribution is 2.42. The highest BCUT2D eigenvalue weighted by Gasteiger charge is 2.47. The summed E-state index contributed by atoms with van der Waals surface area (Å²) < 4.78 is 6.17. The van der Waals surface area contributed by atoms with Gasteiger partial charge in [0.05, 0.1) is 18.7 Å². The lowest BCUT2D eigenvalue weighted by Crippen LogP contribution is -2.29. The molecule has 4 rings (SSSR count). The third kappa shape index (κ3) is 3.50. The molecule has 150 valence electrons. The Labute approximate surface area is 182 Å². The number of hydrogen-bond acceptors (Lipinski definition) is 4. The van der Waals surface area contributed by atoms with E-state index in [9.17, 15) is 14.7 Å². The van der Waals surface area contributed by atoms with Crippen molar-refractivity contribution in [2.45, 2.75) is 6.04 Å². The SMILES string of the molecule is COc1cccc(C2/C(=C(\O)c3ccc(Br)cc3)C(=O)C(=O)N2c2ccccc2)c1. The van der Waals surface area contributed by atoms with E-state index in [1.807, 2.05) is 12.1 Å². The number of amides is 1. The van der Waals surface area contributed by atoms with Crippen LogP contribution >= 0.6 is 15.9 Å². The maximum atomic E-state index is 13.1. The van der Waals surface area contributed by atoms with E-state index in [-0.39, 0.29) is 11.3 Å². The highest BCUT2D eigenvalue weighted by atomic mass is 79.9. The van der Waals surface area contributed by atoms with Gasteiger partial charge in [-0.2, -0.15) is 0 Å². The Bertz CT molecular complexity index is 1140. The number of para-hydroxylation sites is 1. The zero-order valence-electron chi connectivity index (χ0n) is 16.1. The first kappa shape index (κ1) is 19.9. The molecule has 1 amide bonds. The fraction of sp³-hybridized carbons (Fsp3) is 0.0833. The smallest absolute Gasteiger partial charge is 0.300 e. The summed E-state index contributed by atoms with van der Waals surface area (Å²) in [4.78, 5) is 27.5. The van der Waals surface area contributed by atoms with E-state index in [4.69, 9.17) is 4.74 Å². The molecule has 1 fully saturated rings. The molecule has 5 nitrogen and oxygen atoms in total. The zero-order valence-corrected chi connectivity index (χ0v) is 17.7. The number of benzene rings is 3. The van der Waals surface area contributed by atoms with Crippen LogP contribution in [0.25, 0.3) is 5.76 Å². The second-order valence-corrected chi connectivity index (χ2v) is 7.70. The minimum Gasteiger partial charge on any atom is -0.507 e. The van der Waals surface area contributed by atoms with Crippen LogP contribution in [0.3, 0.4) is 0 Å². The van der Waals surface area contributed by atoms with Gasteiger partial charge in [0.25, 0.3) is 11.7 Å². The van der Waals surface area contributed by atoms with E-state index in [0.717, 1.165) is 4.47 Å². The van der Waals surface area contributed by atoms with Crippen LogP contribution in [-0.4, -0.2) is 23.9 Å². The van der Waals surface area contributed by atoms with Crippen molar-refractivity contribution in [3.05, 3.63) is 100 Å². The maximum Gasteiger partial charge on any atom is 0.300 e. The molecule has 30 heavy (non-hydrogen) atoms. The van der Waals surface area contributed by atoms with Crippen LogP contribution in [0.2, 0.25) is 0 Å². The number of methoxy groups -OCH3 is 1. The summed E-state index contributed by atoms with van der Waals surface area (Å²) in [6.07, 6.45) is 0. The van der Waals surface area contributed by atoms with Crippen LogP contribution in [0.15, 0.2) is 88.9 Å². The third-order valence-electron chi connectivity index (χ3n) is 5.01. The number of hydrogen-bond donors (Lipinski definition) is 1. The molecule has 1 unspecified atom stereocenters. The molecule has 0 aromatic heterocycles. The number of carbonyl (C=O) groups is 2. The van der Waals surface area contributed by atoms with E-state index >= 15 is 0 Å². The number of Topliss-reactive ketones (excluding diaryl/α,β-unsaturated/α-hetero) is 1. The summed E-state index contributed by atoms with van der Waals surface area (Å²) >= 11 is 3.36. The molecule has 0 bridgehead atoms. The zero-order chi connectivity index (χ0) is 21.3. The molecule has 6 heteroatoms. The van der Waals surface area contributed by atoms with Crippen molar-refractivity contribution in [1.29, 1.82) is 0 Å². The number of carbonyl (C=O) groups excluding carboxylic acids is 2. The Morgan fingerprint density at radius 3 is 2.33 bits per heavy atom. The molecule has 0 aliphatic carbocycles. The molecular formula is C24H18BrNO4. The van der Waals surface area contributed by atoms with Gasteiger partial charge in [-0.1, -0.05) is 58.4 Å². The monoisotopic (exact) mass is 463 g/mol. The van der Waals surface area contributed by atoms with Crippen molar-refractivity contribution in [2.75, 3.05) is 12.0 Å². The van der Waals surface area contributed by atoms with E-state index < -0.39 is 17.7 Å². The summed E-state index contributed by atoms with van der Waals surface area (Å²) in [7, 11) is 1.55. The number of halogens is 1. The Balaban J connectivity index is 1.95. The second-order valence-electron chi connectivity index (χ2n) is 6.79. The minimum absolute atomic E-state index is 0.0411. The molecule has 1 N–H and O–H groups in total. The first-order valence-corrected chi connectivity index (χ1v) is 10.1. The average molecular weight is 464 g/mol. The van der Waals surface area contributed by atoms with E-state index in [1.165, 1.54) is 4.90 Å². The lowest BCUT2D eigenvalue weighted by atomic mass is 9.95. The van der Waals surface area contributed by atoms with Gasteiger partial charge < -0.3 is 9.84 Å². The maximum absolute atomic E-state index is 13.1. The number of aliphatic hydroxyl groups excluding tert-OH is 1. The van der Waals surface area contributed by atoms with Gasteiger partial charge >= 0.3 is 0 Å². The molecule has 3 aromatic carbocycles. The summed E-state index contributed by atoms with van der Waals surface area (Å²) in [5.74, 6) is -1.04. The fourth-order valence-electron chi connectivity index (χ4n) is 3.58. The molecule has 1 aliphatic heterocycles. The predicted octanol–water partition coefficient (Wildman–Crippen LogP) is 5.08. The van der Waals surface area contributed by atoms with Crippen LogP contribution < -0.4 is 9.64 Å².